The number of nitrogens with zero attached hydrogens (tertiary/aromatic N) is 2. The van der Waals surface area contributed by atoms with Crippen LogP contribution in [0.4, 0.5) is 5.69 Å². The molecule has 0 radical (unpaired) electrons. The van der Waals surface area contributed by atoms with E-state index in [1.807, 2.05) is 30.3 Å². The first kappa shape index (κ1) is 13.0. The molecule has 2 unspecified atom stereocenters. The van der Waals surface area contributed by atoms with Gasteiger partial charge >= 0.3 is 0 Å². The van der Waals surface area contributed by atoms with Crippen LogP contribution >= 0.6 is 0 Å². The molecular weight excluding hydrogens is 312 g/mol. The summed E-state index contributed by atoms with van der Waals surface area (Å²) in [6, 6.07) is 11.8. The van der Waals surface area contributed by atoms with Crippen molar-refractivity contribution in [2.24, 2.45) is 0 Å². The van der Waals surface area contributed by atoms with Crippen molar-refractivity contribution in [3.63, 3.8) is 0 Å². The molecule has 0 fully saturated rings. The molecule has 0 bridgehead atoms. The summed E-state index contributed by atoms with van der Waals surface area (Å²) in [7, 11) is 0. The van der Waals surface area contributed by atoms with Crippen molar-refractivity contribution in [3.8, 4) is 0 Å². The molecule has 5 nitrogen and oxygen atoms in total. The molecule has 3 heterocycles. The Morgan fingerprint density at radius 1 is 1.04 bits per heavy atom. The van der Waals surface area contributed by atoms with Crippen LogP contribution in [0.5, 0.6) is 0 Å². The Bertz CT molecular complexity index is 1310. The van der Waals surface area contributed by atoms with Gasteiger partial charge in [0.15, 0.2) is 0 Å². The quantitative estimate of drug-likeness (QED) is 0.521. The lowest BCUT2D eigenvalue weighted by Gasteiger charge is -2.16. The summed E-state index contributed by atoms with van der Waals surface area (Å²) in [5, 5.41) is 4.19. The molecule has 120 valence electrons. The third kappa shape index (κ3) is 1.57. The van der Waals surface area contributed by atoms with E-state index in [0.717, 1.165) is 22.3 Å². The number of hydrogen-bond acceptors (Lipinski definition) is 3. The standard InChI is InChI=1S/C20H14N4O/c25-19-12-6-2-4-8-14(12)22-20-23-16-10-9-15-17(18(16)24(19)20)11-5-1-3-7-13(11)21-15/h1-11,13,21H,(H,22,23). The number of aromatic amines is 1. The van der Waals surface area contributed by atoms with Gasteiger partial charge in [-0.2, -0.15) is 0 Å². The van der Waals surface area contributed by atoms with Crippen LogP contribution in [0.2, 0.25) is 0 Å². The highest BCUT2D eigenvalue weighted by atomic mass is 16.1. The Morgan fingerprint density at radius 3 is 2.88 bits per heavy atom. The maximum atomic E-state index is 13.2. The zero-order valence-corrected chi connectivity index (χ0v) is 13.2. The van der Waals surface area contributed by atoms with Crippen LogP contribution in [-0.2, 0) is 0 Å². The highest BCUT2D eigenvalue weighted by Crippen LogP contribution is 2.42. The third-order valence-electron chi connectivity index (χ3n) is 5.25. The van der Waals surface area contributed by atoms with Crippen molar-refractivity contribution in [1.82, 2.24) is 14.4 Å². The molecular formula is C20H14N4O. The van der Waals surface area contributed by atoms with Crippen molar-refractivity contribution in [1.29, 1.82) is 0 Å². The van der Waals surface area contributed by atoms with Gasteiger partial charge < -0.3 is 10.3 Å². The van der Waals surface area contributed by atoms with E-state index in [1.54, 1.807) is 4.40 Å². The molecule has 4 aromatic rings. The summed E-state index contributed by atoms with van der Waals surface area (Å²) in [5.41, 5.74) is 4.79. The van der Waals surface area contributed by atoms with E-state index >= 15 is 0 Å². The van der Waals surface area contributed by atoms with Gasteiger partial charge in [-0.25, -0.2) is 9.38 Å². The molecule has 25 heavy (non-hydrogen) atoms. The minimum absolute atomic E-state index is 0.0287. The molecule has 2 aromatic heterocycles. The summed E-state index contributed by atoms with van der Waals surface area (Å²) in [5.74, 6) is 0.812. The maximum Gasteiger partial charge on any atom is 0.267 e. The Morgan fingerprint density at radius 2 is 1.92 bits per heavy atom. The topological polar surface area (TPSA) is 62.2 Å². The predicted molar refractivity (Wildman–Crippen MR) is 99.3 cm³/mol. The van der Waals surface area contributed by atoms with Crippen LogP contribution in [0.25, 0.3) is 27.7 Å². The minimum Gasteiger partial charge on any atom is -0.378 e. The number of anilines is 1. The van der Waals surface area contributed by atoms with Crippen molar-refractivity contribution in [2.45, 2.75) is 12.0 Å². The second-order valence-electron chi connectivity index (χ2n) is 6.61. The van der Waals surface area contributed by atoms with Gasteiger partial charge in [0, 0.05) is 17.2 Å². The van der Waals surface area contributed by atoms with E-state index in [2.05, 4.69) is 45.7 Å². The average molecular weight is 326 g/mol. The van der Waals surface area contributed by atoms with Crippen LogP contribution < -0.4 is 10.9 Å². The predicted octanol–water partition coefficient (Wildman–Crippen LogP) is 3.33. The van der Waals surface area contributed by atoms with Gasteiger partial charge in [0.2, 0.25) is 5.78 Å². The SMILES string of the molecule is O=c1c2ccccc2nc2[nH]c3ccc4c(c3n12)C1C=CC=CC1N4. The lowest BCUT2D eigenvalue weighted by Crippen LogP contribution is -2.18. The summed E-state index contributed by atoms with van der Waals surface area (Å²) >= 11 is 0. The Labute approximate surface area is 142 Å². The number of nitrogens with one attached hydrogen (secondary N) is 2. The molecule has 2 N–H and O–H groups in total. The Kier molecular flexibility index (Phi) is 2.28. The van der Waals surface area contributed by atoms with E-state index < -0.39 is 0 Å². The first-order valence-corrected chi connectivity index (χ1v) is 8.39. The van der Waals surface area contributed by atoms with Crippen LogP contribution in [-0.4, -0.2) is 20.4 Å². The fourth-order valence-electron chi connectivity index (χ4n) is 4.16. The van der Waals surface area contributed by atoms with E-state index in [9.17, 15) is 4.79 Å². The molecule has 0 amide bonds. The van der Waals surface area contributed by atoms with Crippen LogP contribution in [0.3, 0.4) is 0 Å². The molecule has 1 aliphatic carbocycles. The van der Waals surface area contributed by atoms with E-state index in [4.69, 9.17) is 0 Å². The second kappa shape index (κ2) is 4.39. The smallest absolute Gasteiger partial charge is 0.267 e. The zero-order chi connectivity index (χ0) is 16.5. The van der Waals surface area contributed by atoms with Crippen molar-refractivity contribution < 1.29 is 0 Å². The molecule has 0 saturated heterocycles. The summed E-state index contributed by atoms with van der Waals surface area (Å²) in [4.78, 5) is 21.2. The van der Waals surface area contributed by atoms with Gasteiger partial charge in [0.1, 0.15) is 0 Å². The molecule has 6 rings (SSSR count). The number of benzene rings is 2. The molecule has 2 aromatic carbocycles. The van der Waals surface area contributed by atoms with Crippen molar-refractivity contribution >= 4 is 33.4 Å². The van der Waals surface area contributed by atoms with Crippen molar-refractivity contribution in [2.75, 3.05) is 5.32 Å². The van der Waals surface area contributed by atoms with Gasteiger partial charge in [-0.15, -0.1) is 0 Å². The highest BCUT2D eigenvalue weighted by molar-refractivity contribution is 5.92. The number of para-hydroxylation sites is 1. The summed E-state index contributed by atoms with van der Waals surface area (Å²) in [6.45, 7) is 0. The zero-order valence-electron chi connectivity index (χ0n) is 13.2. The molecule has 0 spiro atoms. The number of allylic oxidation sites excluding steroid dienone is 2. The Hall–Kier alpha value is -3.34. The first-order valence-electron chi connectivity index (χ1n) is 8.39. The highest BCUT2D eigenvalue weighted by Gasteiger charge is 2.33. The number of hydrogen-bond donors (Lipinski definition) is 2. The lowest BCUT2D eigenvalue weighted by molar-refractivity contribution is 0.807. The summed E-state index contributed by atoms with van der Waals surface area (Å²) < 4.78 is 1.73. The molecule has 2 aliphatic rings. The number of H-pyrrole nitrogens is 1. The van der Waals surface area contributed by atoms with Gasteiger partial charge in [0.25, 0.3) is 5.56 Å². The summed E-state index contributed by atoms with van der Waals surface area (Å²) in [6.07, 6.45) is 8.50. The van der Waals surface area contributed by atoms with Gasteiger partial charge in [-0.1, -0.05) is 36.4 Å². The number of aromatic nitrogens is 3. The van der Waals surface area contributed by atoms with E-state index in [-0.39, 0.29) is 17.5 Å². The van der Waals surface area contributed by atoms with Crippen LogP contribution in [0.1, 0.15) is 11.5 Å². The minimum atomic E-state index is -0.0287. The monoisotopic (exact) mass is 326 g/mol. The number of rotatable bonds is 0. The number of fused-ring (bicyclic) bond motifs is 8. The number of imidazole rings is 1. The van der Waals surface area contributed by atoms with Gasteiger partial charge in [-0.05, 0) is 24.3 Å². The third-order valence-corrected chi connectivity index (χ3v) is 5.25. The Balaban J connectivity index is 1.82. The lowest BCUT2D eigenvalue weighted by atomic mass is 9.91. The van der Waals surface area contributed by atoms with Gasteiger partial charge in [0.05, 0.1) is 28.0 Å². The maximum absolute atomic E-state index is 13.2. The first-order chi connectivity index (χ1) is 12.3. The largest absolute Gasteiger partial charge is 0.378 e. The fourth-order valence-corrected chi connectivity index (χ4v) is 4.16. The molecule has 1 aliphatic heterocycles. The molecule has 2 atom stereocenters. The van der Waals surface area contributed by atoms with Crippen LogP contribution in [0.15, 0.2) is 65.5 Å². The molecule has 0 saturated carbocycles. The van der Waals surface area contributed by atoms with E-state index in [1.165, 1.54) is 0 Å². The fraction of sp³-hybridized carbons (Fsp3) is 0.100. The molecule has 5 heteroatoms. The van der Waals surface area contributed by atoms with Crippen molar-refractivity contribution in [3.05, 3.63) is 76.6 Å². The van der Waals surface area contributed by atoms with Gasteiger partial charge in [-0.3, -0.25) is 4.79 Å². The second-order valence-corrected chi connectivity index (χ2v) is 6.61. The van der Waals surface area contributed by atoms with Crippen LogP contribution in [0, 0.1) is 0 Å². The van der Waals surface area contributed by atoms with E-state index in [0.29, 0.717) is 16.7 Å². The normalized spacial score (nSPS) is 21.0. The average Bonchev–Trinajstić information content (AvgIpc) is 3.19.